The summed E-state index contributed by atoms with van der Waals surface area (Å²) >= 11 is 0. The topological polar surface area (TPSA) is 44.1 Å². The van der Waals surface area contributed by atoms with Crippen molar-refractivity contribution in [2.45, 2.75) is 32.6 Å². The fourth-order valence-electron chi connectivity index (χ4n) is 2.43. The zero-order chi connectivity index (χ0) is 14.4. The summed E-state index contributed by atoms with van der Waals surface area (Å²) in [6.07, 6.45) is 5.93. The molecular weight excluding hydrogens is 248 g/mol. The monoisotopic (exact) mass is 268 g/mol. The predicted molar refractivity (Wildman–Crippen MR) is 79.8 cm³/mol. The van der Waals surface area contributed by atoms with Crippen LogP contribution in [0.3, 0.4) is 0 Å². The molecule has 104 valence electrons. The van der Waals surface area contributed by atoms with Gasteiger partial charge in [0.15, 0.2) is 0 Å². The van der Waals surface area contributed by atoms with E-state index >= 15 is 0 Å². The maximum absolute atomic E-state index is 12.3. The third-order valence-electron chi connectivity index (χ3n) is 3.69. The normalized spacial score (nSPS) is 15.8. The first-order valence-corrected chi connectivity index (χ1v) is 7.24. The number of hydrogen-bond acceptors (Lipinski definition) is 2. The summed E-state index contributed by atoms with van der Waals surface area (Å²) in [6, 6.07) is 10.0. The predicted octanol–water partition coefficient (Wildman–Crippen LogP) is 3.17. The average Bonchev–Trinajstić information content (AvgIpc) is 2.53. The minimum Gasteiger partial charge on any atom is -0.338 e. The molecule has 1 aliphatic rings. The van der Waals surface area contributed by atoms with Crippen molar-refractivity contribution in [2.75, 3.05) is 13.1 Å². The second kappa shape index (κ2) is 6.91. The Morgan fingerprint density at radius 2 is 1.90 bits per heavy atom. The Morgan fingerprint density at radius 1 is 1.25 bits per heavy atom. The van der Waals surface area contributed by atoms with Gasteiger partial charge in [0.05, 0.1) is 0 Å². The Kier molecular flexibility index (Phi) is 4.95. The summed E-state index contributed by atoms with van der Waals surface area (Å²) in [5.41, 5.74) is 2.39. The number of carbonyl (C=O) groups is 1. The van der Waals surface area contributed by atoms with Gasteiger partial charge in [-0.05, 0) is 42.9 Å². The number of carbonyl (C=O) groups excluding carboxylic acids is 1. The number of likely N-dealkylation sites (tertiary alicyclic amines) is 1. The molecule has 1 aliphatic heterocycles. The molecular formula is C17H20N2O. The Balaban J connectivity index is 2.15. The van der Waals surface area contributed by atoms with Crippen molar-refractivity contribution in [1.29, 1.82) is 5.26 Å². The number of amides is 1. The van der Waals surface area contributed by atoms with Crippen LogP contribution in [0.4, 0.5) is 0 Å². The van der Waals surface area contributed by atoms with Crippen molar-refractivity contribution >= 4 is 12.0 Å². The Hall–Kier alpha value is -2.08. The quantitative estimate of drug-likeness (QED) is 0.624. The second-order valence-electron chi connectivity index (χ2n) is 5.12. The molecule has 2 rings (SSSR count). The molecule has 0 aromatic heterocycles. The molecule has 20 heavy (non-hydrogen) atoms. The van der Waals surface area contributed by atoms with E-state index in [-0.39, 0.29) is 11.5 Å². The van der Waals surface area contributed by atoms with Crippen LogP contribution in [0.5, 0.6) is 0 Å². The molecule has 0 aliphatic carbocycles. The lowest BCUT2D eigenvalue weighted by Gasteiger charge is -2.26. The summed E-state index contributed by atoms with van der Waals surface area (Å²) in [4.78, 5) is 14.1. The van der Waals surface area contributed by atoms with E-state index in [0.717, 1.165) is 37.9 Å². The van der Waals surface area contributed by atoms with E-state index in [1.54, 1.807) is 11.0 Å². The highest BCUT2D eigenvalue weighted by Gasteiger charge is 2.19. The molecule has 1 saturated heterocycles. The number of nitriles is 1. The molecule has 0 N–H and O–H groups in total. The lowest BCUT2D eigenvalue weighted by molar-refractivity contribution is -0.127. The lowest BCUT2D eigenvalue weighted by Crippen LogP contribution is -2.36. The van der Waals surface area contributed by atoms with Crippen molar-refractivity contribution in [3.05, 3.63) is 41.0 Å². The van der Waals surface area contributed by atoms with E-state index in [0.29, 0.717) is 0 Å². The van der Waals surface area contributed by atoms with E-state index in [4.69, 9.17) is 0 Å². The van der Waals surface area contributed by atoms with Crippen LogP contribution < -0.4 is 0 Å². The number of piperidine rings is 1. The van der Waals surface area contributed by atoms with Gasteiger partial charge in [0.25, 0.3) is 5.91 Å². The molecule has 0 atom stereocenters. The van der Waals surface area contributed by atoms with Gasteiger partial charge in [-0.3, -0.25) is 4.79 Å². The van der Waals surface area contributed by atoms with E-state index in [2.05, 4.69) is 6.92 Å². The summed E-state index contributed by atoms with van der Waals surface area (Å²) in [7, 11) is 0. The third-order valence-corrected chi connectivity index (χ3v) is 3.69. The van der Waals surface area contributed by atoms with Crippen LogP contribution in [-0.4, -0.2) is 23.9 Å². The molecule has 3 nitrogen and oxygen atoms in total. The van der Waals surface area contributed by atoms with E-state index in [1.165, 1.54) is 12.0 Å². The van der Waals surface area contributed by atoms with Gasteiger partial charge in [-0.25, -0.2) is 0 Å². The molecule has 0 bridgehead atoms. The summed E-state index contributed by atoms with van der Waals surface area (Å²) in [5, 5.41) is 9.22. The molecule has 1 heterocycles. The van der Waals surface area contributed by atoms with Gasteiger partial charge in [-0.2, -0.15) is 5.26 Å². The molecule has 1 aromatic carbocycles. The van der Waals surface area contributed by atoms with Gasteiger partial charge < -0.3 is 4.90 Å². The van der Waals surface area contributed by atoms with Crippen LogP contribution in [-0.2, 0) is 11.2 Å². The Labute approximate surface area is 120 Å². The first kappa shape index (κ1) is 14.3. The van der Waals surface area contributed by atoms with Crippen molar-refractivity contribution in [1.82, 2.24) is 4.90 Å². The fourth-order valence-corrected chi connectivity index (χ4v) is 2.43. The standard InChI is InChI=1S/C17H20N2O/c1-2-14-6-8-15(9-7-14)12-16(13-18)17(20)19-10-4-3-5-11-19/h6-9,12H,2-5,10-11H2,1H3/b16-12+. The van der Waals surface area contributed by atoms with E-state index in [9.17, 15) is 10.1 Å². The van der Waals surface area contributed by atoms with Gasteiger partial charge >= 0.3 is 0 Å². The largest absolute Gasteiger partial charge is 0.338 e. The van der Waals surface area contributed by atoms with Gasteiger partial charge in [0.2, 0.25) is 0 Å². The molecule has 0 unspecified atom stereocenters. The number of nitrogens with zero attached hydrogens (tertiary/aromatic N) is 2. The molecule has 1 amide bonds. The number of benzene rings is 1. The summed E-state index contributed by atoms with van der Waals surface area (Å²) < 4.78 is 0. The first-order valence-electron chi connectivity index (χ1n) is 7.24. The van der Waals surface area contributed by atoms with Crippen LogP contribution in [0.25, 0.3) is 6.08 Å². The van der Waals surface area contributed by atoms with E-state index in [1.807, 2.05) is 30.3 Å². The van der Waals surface area contributed by atoms with Crippen molar-refractivity contribution in [2.24, 2.45) is 0 Å². The highest BCUT2D eigenvalue weighted by atomic mass is 16.2. The maximum atomic E-state index is 12.3. The molecule has 1 fully saturated rings. The zero-order valence-electron chi connectivity index (χ0n) is 11.9. The maximum Gasteiger partial charge on any atom is 0.264 e. The smallest absolute Gasteiger partial charge is 0.264 e. The molecule has 1 aromatic rings. The van der Waals surface area contributed by atoms with Crippen LogP contribution in [0.1, 0.15) is 37.3 Å². The third kappa shape index (κ3) is 3.48. The fraction of sp³-hybridized carbons (Fsp3) is 0.412. The minimum atomic E-state index is -0.133. The first-order chi connectivity index (χ1) is 9.74. The summed E-state index contributed by atoms with van der Waals surface area (Å²) in [5.74, 6) is -0.133. The molecule has 0 saturated carbocycles. The minimum absolute atomic E-state index is 0.133. The molecule has 0 spiro atoms. The second-order valence-corrected chi connectivity index (χ2v) is 5.12. The summed E-state index contributed by atoms with van der Waals surface area (Å²) in [6.45, 7) is 3.64. The van der Waals surface area contributed by atoms with Crippen LogP contribution in [0.15, 0.2) is 29.8 Å². The van der Waals surface area contributed by atoms with Crippen molar-refractivity contribution in [3.63, 3.8) is 0 Å². The van der Waals surface area contributed by atoms with Crippen LogP contribution in [0.2, 0.25) is 0 Å². The molecule has 3 heteroatoms. The van der Waals surface area contributed by atoms with E-state index < -0.39 is 0 Å². The van der Waals surface area contributed by atoms with Crippen molar-refractivity contribution < 1.29 is 4.79 Å². The Morgan fingerprint density at radius 3 is 2.45 bits per heavy atom. The number of rotatable bonds is 3. The lowest BCUT2D eigenvalue weighted by atomic mass is 10.1. The molecule has 0 radical (unpaired) electrons. The zero-order valence-corrected chi connectivity index (χ0v) is 11.9. The van der Waals surface area contributed by atoms with Gasteiger partial charge in [0, 0.05) is 13.1 Å². The number of hydrogen-bond donors (Lipinski definition) is 0. The SMILES string of the molecule is CCc1ccc(/C=C(\C#N)C(=O)N2CCCCC2)cc1. The van der Waals surface area contributed by atoms with Gasteiger partial charge in [-0.1, -0.05) is 31.2 Å². The van der Waals surface area contributed by atoms with Crippen LogP contribution in [0, 0.1) is 11.3 Å². The van der Waals surface area contributed by atoms with Crippen molar-refractivity contribution in [3.8, 4) is 6.07 Å². The van der Waals surface area contributed by atoms with Crippen LogP contribution >= 0.6 is 0 Å². The van der Waals surface area contributed by atoms with Gasteiger partial charge in [-0.15, -0.1) is 0 Å². The highest BCUT2D eigenvalue weighted by molar-refractivity contribution is 6.01. The number of aryl methyl sites for hydroxylation is 1. The average molecular weight is 268 g/mol. The van der Waals surface area contributed by atoms with Gasteiger partial charge in [0.1, 0.15) is 11.6 Å². The highest BCUT2D eigenvalue weighted by Crippen LogP contribution is 2.15. The Bertz CT molecular complexity index is 531.